The fourth-order valence-corrected chi connectivity index (χ4v) is 3.42. The Labute approximate surface area is 170 Å². The van der Waals surface area contributed by atoms with E-state index in [2.05, 4.69) is 5.32 Å². The zero-order valence-corrected chi connectivity index (χ0v) is 16.5. The normalized spacial score (nSPS) is 12.2. The van der Waals surface area contributed by atoms with E-state index in [0.717, 1.165) is 27.9 Å². The van der Waals surface area contributed by atoms with Gasteiger partial charge in [0.2, 0.25) is 0 Å². The highest BCUT2D eigenvalue weighted by molar-refractivity contribution is 6.07. The molecule has 1 N–H and O–H groups in total. The Morgan fingerprint density at radius 3 is 2.52 bits per heavy atom. The van der Waals surface area contributed by atoms with E-state index in [9.17, 15) is 4.79 Å². The molecule has 0 saturated heterocycles. The van der Waals surface area contributed by atoms with Crippen LogP contribution in [0.2, 0.25) is 0 Å². The lowest BCUT2D eigenvalue weighted by Gasteiger charge is -2.22. The van der Waals surface area contributed by atoms with Crippen LogP contribution in [0, 0.1) is 0 Å². The average molecular weight is 385 g/mol. The van der Waals surface area contributed by atoms with Crippen molar-refractivity contribution < 1.29 is 9.21 Å². The molecule has 0 fully saturated rings. The molecule has 2 aromatic heterocycles. The molecule has 4 aromatic rings. The third-order valence-electron chi connectivity index (χ3n) is 4.98. The van der Waals surface area contributed by atoms with E-state index in [-0.39, 0.29) is 11.9 Å². The van der Waals surface area contributed by atoms with Crippen LogP contribution in [0.1, 0.15) is 22.2 Å². The van der Waals surface area contributed by atoms with Crippen LogP contribution in [0.4, 0.5) is 0 Å². The first-order valence-electron chi connectivity index (χ1n) is 9.56. The lowest BCUT2D eigenvalue weighted by Crippen LogP contribution is -2.34. The number of para-hydroxylation sites is 1. The topological polar surface area (TPSA) is 58.4 Å². The fraction of sp³-hybridized carbons (Fsp3) is 0.167. The molecule has 0 aliphatic rings. The van der Waals surface area contributed by atoms with Crippen molar-refractivity contribution in [3.63, 3.8) is 0 Å². The summed E-state index contributed by atoms with van der Waals surface area (Å²) in [5.41, 5.74) is 3.18. The Balaban J connectivity index is 1.66. The Morgan fingerprint density at radius 1 is 1.03 bits per heavy atom. The second kappa shape index (κ2) is 8.29. The van der Waals surface area contributed by atoms with Gasteiger partial charge in [-0.25, -0.2) is 4.98 Å². The lowest BCUT2D eigenvalue weighted by molar-refractivity contribution is 0.0940. The van der Waals surface area contributed by atoms with Crippen molar-refractivity contribution in [1.82, 2.24) is 15.2 Å². The number of hydrogen-bond donors (Lipinski definition) is 1. The van der Waals surface area contributed by atoms with Gasteiger partial charge in [0.1, 0.15) is 5.76 Å². The summed E-state index contributed by atoms with van der Waals surface area (Å²) in [6.07, 6.45) is 1.65. The average Bonchev–Trinajstić information content (AvgIpc) is 3.28. The SMILES string of the molecule is CN(C)[C@H](CNC(=O)c1cc(-c2ccccc2)nc2ccccc12)c1ccco1. The van der Waals surface area contributed by atoms with Gasteiger partial charge in [0, 0.05) is 17.5 Å². The Morgan fingerprint density at radius 2 is 1.79 bits per heavy atom. The van der Waals surface area contributed by atoms with E-state index in [1.165, 1.54) is 0 Å². The molecule has 0 bridgehead atoms. The zero-order chi connectivity index (χ0) is 20.2. The summed E-state index contributed by atoms with van der Waals surface area (Å²) >= 11 is 0. The third kappa shape index (κ3) is 4.05. The molecule has 1 atom stereocenters. The molecule has 29 heavy (non-hydrogen) atoms. The zero-order valence-electron chi connectivity index (χ0n) is 16.5. The van der Waals surface area contributed by atoms with Crippen molar-refractivity contribution in [3.8, 4) is 11.3 Å². The summed E-state index contributed by atoms with van der Waals surface area (Å²) in [6.45, 7) is 0.441. The summed E-state index contributed by atoms with van der Waals surface area (Å²) in [5, 5.41) is 3.91. The molecular weight excluding hydrogens is 362 g/mol. The van der Waals surface area contributed by atoms with Gasteiger partial charge in [-0.05, 0) is 38.4 Å². The minimum absolute atomic E-state index is 0.0457. The summed E-state index contributed by atoms with van der Waals surface area (Å²) < 4.78 is 5.54. The molecule has 2 aromatic carbocycles. The van der Waals surface area contributed by atoms with Gasteiger partial charge in [0.05, 0.1) is 29.1 Å². The van der Waals surface area contributed by atoms with Crippen molar-refractivity contribution in [2.45, 2.75) is 6.04 Å². The standard InChI is InChI=1S/C24H23N3O2/c1-27(2)22(23-13-8-14-29-23)16-25-24(28)19-15-21(17-9-4-3-5-10-17)26-20-12-7-6-11-18(19)20/h3-15,22H,16H2,1-2H3,(H,25,28)/t22-/m1/s1. The molecule has 1 amide bonds. The number of hydrogen-bond acceptors (Lipinski definition) is 4. The Bertz CT molecular complexity index is 1110. The van der Waals surface area contributed by atoms with Crippen LogP contribution in [-0.4, -0.2) is 36.4 Å². The van der Waals surface area contributed by atoms with Crippen LogP contribution in [0.15, 0.2) is 83.5 Å². The Hall–Kier alpha value is -3.44. The number of nitrogens with one attached hydrogen (secondary N) is 1. The second-order valence-electron chi connectivity index (χ2n) is 7.14. The van der Waals surface area contributed by atoms with Gasteiger partial charge in [-0.15, -0.1) is 0 Å². The quantitative estimate of drug-likeness (QED) is 0.530. The van der Waals surface area contributed by atoms with E-state index >= 15 is 0 Å². The molecule has 5 heteroatoms. The van der Waals surface area contributed by atoms with Gasteiger partial charge in [0.25, 0.3) is 5.91 Å². The van der Waals surface area contributed by atoms with Crippen molar-refractivity contribution in [2.75, 3.05) is 20.6 Å². The number of furan rings is 1. The number of likely N-dealkylation sites (N-methyl/N-ethyl adjacent to an activating group) is 1. The monoisotopic (exact) mass is 385 g/mol. The van der Waals surface area contributed by atoms with Crippen LogP contribution in [-0.2, 0) is 0 Å². The number of amides is 1. The number of rotatable bonds is 6. The Kier molecular flexibility index (Phi) is 5.40. The predicted molar refractivity (Wildman–Crippen MR) is 115 cm³/mol. The summed E-state index contributed by atoms with van der Waals surface area (Å²) in [5.74, 6) is 0.694. The molecule has 0 radical (unpaired) electrons. The number of aromatic nitrogens is 1. The van der Waals surface area contributed by atoms with Gasteiger partial charge in [-0.2, -0.15) is 0 Å². The predicted octanol–water partition coefficient (Wildman–Crippen LogP) is 4.53. The van der Waals surface area contributed by atoms with Gasteiger partial charge in [0.15, 0.2) is 0 Å². The van der Waals surface area contributed by atoms with Gasteiger partial charge in [-0.1, -0.05) is 48.5 Å². The largest absolute Gasteiger partial charge is 0.468 e. The maximum Gasteiger partial charge on any atom is 0.252 e. The van der Waals surface area contributed by atoms with Crippen molar-refractivity contribution >= 4 is 16.8 Å². The highest BCUT2D eigenvalue weighted by atomic mass is 16.3. The highest BCUT2D eigenvalue weighted by Crippen LogP contribution is 2.25. The molecule has 0 aliphatic heterocycles. The minimum atomic E-state index is -0.126. The molecule has 0 saturated carbocycles. The van der Waals surface area contributed by atoms with E-state index in [4.69, 9.17) is 9.40 Å². The smallest absolute Gasteiger partial charge is 0.252 e. The number of pyridine rings is 1. The number of carbonyl (C=O) groups is 1. The van der Waals surface area contributed by atoms with Crippen LogP contribution >= 0.6 is 0 Å². The number of benzene rings is 2. The van der Waals surface area contributed by atoms with E-state index < -0.39 is 0 Å². The van der Waals surface area contributed by atoms with Crippen LogP contribution in [0.5, 0.6) is 0 Å². The molecule has 5 nitrogen and oxygen atoms in total. The molecule has 0 aliphatic carbocycles. The second-order valence-corrected chi connectivity index (χ2v) is 7.14. The van der Waals surface area contributed by atoms with E-state index in [0.29, 0.717) is 12.1 Å². The van der Waals surface area contributed by atoms with Crippen LogP contribution in [0.3, 0.4) is 0 Å². The van der Waals surface area contributed by atoms with Crippen molar-refractivity contribution in [1.29, 1.82) is 0 Å². The summed E-state index contributed by atoms with van der Waals surface area (Å²) in [6, 6.07) is 23.2. The number of carbonyl (C=O) groups excluding carboxylic acids is 1. The molecule has 4 rings (SSSR count). The van der Waals surface area contributed by atoms with Crippen molar-refractivity contribution in [2.24, 2.45) is 0 Å². The first-order chi connectivity index (χ1) is 14.1. The van der Waals surface area contributed by atoms with Gasteiger partial charge < -0.3 is 9.73 Å². The molecule has 0 spiro atoms. The number of fused-ring (bicyclic) bond motifs is 1. The lowest BCUT2D eigenvalue weighted by atomic mass is 10.0. The summed E-state index contributed by atoms with van der Waals surface area (Å²) in [7, 11) is 3.93. The van der Waals surface area contributed by atoms with E-state index in [1.807, 2.05) is 91.8 Å². The highest BCUT2D eigenvalue weighted by Gasteiger charge is 2.20. The first kappa shape index (κ1) is 18.9. The first-order valence-corrected chi connectivity index (χ1v) is 9.56. The van der Waals surface area contributed by atoms with Gasteiger partial charge in [-0.3, -0.25) is 9.69 Å². The maximum absolute atomic E-state index is 13.2. The van der Waals surface area contributed by atoms with E-state index in [1.54, 1.807) is 6.26 Å². The van der Waals surface area contributed by atoms with Crippen LogP contribution < -0.4 is 5.32 Å². The maximum atomic E-state index is 13.2. The number of nitrogens with zero attached hydrogens (tertiary/aromatic N) is 2. The summed E-state index contributed by atoms with van der Waals surface area (Å²) in [4.78, 5) is 19.9. The molecule has 146 valence electrons. The van der Waals surface area contributed by atoms with Crippen molar-refractivity contribution in [3.05, 3.63) is 90.4 Å². The molecule has 2 heterocycles. The minimum Gasteiger partial charge on any atom is -0.468 e. The third-order valence-corrected chi connectivity index (χ3v) is 4.98. The van der Waals surface area contributed by atoms with Gasteiger partial charge >= 0.3 is 0 Å². The van der Waals surface area contributed by atoms with Crippen LogP contribution in [0.25, 0.3) is 22.2 Å². The molecular formula is C24H23N3O2. The fourth-order valence-electron chi connectivity index (χ4n) is 3.42. The molecule has 0 unspecified atom stereocenters.